The zero-order valence-electron chi connectivity index (χ0n) is 15.0. The third kappa shape index (κ3) is 3.98. The van der Waals surface area contributed by atoms with E-state index in [0.717, 1.165) is 36.2 Å². The van der Waals surface area contributed by atoms with Gasteiger partial charge in [0.25, 0.3) is 0 Å². The van der Waals surface area contributed by atoms with Gasteiger partial charge in [-0.25, -0.2) is 14.1 Å². The van der Waals surface area contributed by atoms with Gasteiger partial charge in [-0.15, -0.1) is 0 Å². The van der Waals surface area contributed by atoms with Gasteiger partial charge in [0.05, 0.1) is 18.7 Å². The van der Waals surface area contributed by atoms with E-state index in [1.807, 2.05) is 10.7 Å². The lowest BCUT2D eigenvalue weighted by Gasteiger charge is -2.07. The zero-order valence-corrected chi connectivity index (χ0v) is 15.0. The van der Waals surface area contributed by atoms with Gasteiger partial charge >= 0.3 is 0 Å². The summed E-state index contributed by atoms with van der Waals surface area (Å²) in [6.45, 7) is 2.94. The monoisotopic (exact) mass is 367 g/mol. The highest BCUT2D eigenvalue weighted by Crippen LogP contribution is 2.27. The van der Waals surface area contributed by atoms with Crippen molar-refractivity contribution in [3.8, 4) is 0 Å². The molecule has 0 bridgehead atoms. The van der Waals surface area contributed by atoms with Crippen molar-refractivity contribution < 1.29 is 9.18 Å². The van der Waals surface area contributed by atoms with Gasteiger partial charge in [0.15, 0.2) is 5.65 Å². The number of hydrogen-bond donors (Lipinski definition) is 2. The standard InChI is InChI=1S/C20H22FN5O/c21-16-4-1-3-14(11-16)12-18(27)23-9-10-26-20-17(5-2-7-24-20)19(25-26)15-6-8-22-13-15/h1-5,7,11,15,22H,6,8-10,12-13H2,(H,23,27)/t15-/m0/s1. The van der Waals surface area contributed by atoms with Crippen LogP contribution in [0, 0.1) is 5.82 Å². The summed E-state index contributed by atoms with van der Waals surface area (Å²) in [6.07, 6.45) is 3.00. The van der Waals surface area contributed by atoms with Gasteiger partial charge in [-0.1, -0.05) is 12.1 Å². The summed E-state index contributed by atoms with van der Waals surface area (Å²) < 4.78 is 15.1. The second-order valence-electron chi connectivity index (χ2n) is 6.83. The molecular weight excluding hydrogens is 345 g/mol. The summed E-state index contributed by atoms with van der Waals surface area (Å²) in [7, 11) is 0. The fraction of sp³-hybridized carbons (Fsp3) is 0.350. The number of fused-ring (bicyclic) bond motifs is 1. The predicted octanol–water partition coefficient (Wildman–Crippen LogP) is 2.01. The van der Waals surface area contributed by atoms with Crippen molar-refractivity contribution >= 4 is 16.9 Å². The Labute approximate surface area is 156 Å². The second-order valence-corrected chi connectivity index (χ2v) is 6.83. The van der Waals surface area contributed by atoms with E-state index in [1.54, 1.807) is 18.3 Å². The smallest absolute Gasteiger partial charge is 0.224 e. The second kappa shape index (κ2) is 7.84. The average molecular weight is 367 g/mol. The molecular formula is C20H22FN5O. The van der Waals surface area contributed by atoms with Gasteiger partial charge in [0.2, 0.25) is 5.91 Å². The van der Waals surface area contributed by atoms with Gasteiger partial charge in [-0.2, -0.15) is 5.10 Å². The van der Waals surface area contributed by atoms with Crippen LogP contribution >= 0.6 is 0 Å². The fourth-order valence-electron chi connectivity index (χ4n) is 3.58. The molecule has 0 aliphatic carbocycles. The van der Waals surface area contributed by atoms with E-state index in [4.69, 9.17) is 5.10 Å². The Morgan fingerprint density at radius 3 is 3.07 bits per heavy atom. The van der Waals surface area contributed by atoms with Crippen LogP contribution in [0.3, 0.4) is 0 Å². The van der Waals surface area contributed by atoms with Crippen LogP contribution in [-0.2, 0) is 17.8 Å². The van der Waals surface area contributed by atoms with E-state index in [-0.39, 0.29) is 18.1 Å². The molecule has 1 amide bonds. The highest BCUT2D eigenvalue weighted by atomic mass is 19.1. The lowest BCUT2D eigenvalue weighted by Crippen LogP contribution is -2.29. The molecule has 4 rings (SSSR count). The molecule has 0 saturated carbocycles. The maximum Gasteiger partial charge on any atom is 0.224 e. The number of benzene rings is 1. The quantitative estimate of drug-likeness (QED) is 0.699. The third-order valence-electron chi connectivity index (χ3n) is 4.88. The Balaban J connectivity index is 1.41. The molecule has 2 aromatic heterocycles. The highest BCUT2D eigenvalue weighted by Gasteiger charge is 2.23. The molecule has 0 radical (unpaired) electrons. The van der Waals surface area contributed by atoms with Crippen molar-refractivity contribution in [2.45, 2.75) is 25.3 Å². The molecule has 1 saturated heterocycles. The third-order valence-corrected chi connectivity index (χ3v) is 4.88. The summed E-state index contributed by atoms with van der Waals surface area (Å²) in [5, 5.41) is 12.1. The van der Waals surface area contributed by atoms with Gasteiger partial charge in [0.1, 0.15) is 5.82 Å². The first-order valence-electron chi connectivity index (χ1n) is 9.24. The summed E-state index contributed by atoms with van der Waals surface area (Å²) in [6, 6.07) is 10.1. The first-order chi connectivity index (χ1) is 13.2. The summed E-state index contributed by atoms with van der Waals surface area (Å²) in [5.74, 6) is -0.0610. The number of nitrogens with one attached hydrogen (secondary N) is 2. The Morgan fingerprint density at radius 1 is 1.33 bits per heavy atom. The number of rotatable bonds is 6. The van der Waals surface area contributed by atoms with E-state index in [1.165, 1.54) is 12.1 Å². The molecule has 1 aliphatic heterocycles. The number of amides is 1. The van der Waals surface area contributed by atoms with Crippen LogP contribution in [-0.4, -0.2) is 40.3 Å². The van der Waals surface area contributed by atoms with Crippen molar-refractivity contribution in [2.75, 3.05) is 19.6 Å². The molecule has 1 aliphatic rings. The van der Waals surface area contributed by atoms with Crippen molar-refractivity contribution in [3.05, 3.63) is 59.7 Å². The molecule has 6 nitrogen and oxygen atoms in total. The fourth-order valence-corrected chi connectivity index (χ4v) is 3.58. The molecule has 0 unspecified atom stereocenters. The SMILES string of the molecule is O=C(Cc1cccc(F)c1)NCCn1nc([C@H]2CCNC2)c2cccnc21. The number of carbonyl (C=O) groups is 1. The van der Waals surface area contributed by atoms with Crippen molar-refractivity contribution in [1.29, 1.82) is 0 Å². The molecule has 7 heteroatoms. The Bertz CT molecular complexity index is 948. The van der Waals surface area contributed by atoms with E-state index >= 15 is 0 Å². The first kappa shape index (κ1) is 17.6. The molecule has 2 N–H and O–H groups in total. The molecule has 3 heterocycles. The molecule has 0 spiro atoms. The molecule has 1 fully saturated rings. The van der Waals surface area contributed by atoms with Gasteiger partial charge in [-0.3, -0.25) is 4.79 Å². The molecule has 1 atom stereocenters. The van der Waals surface area contributed by atoms with Crippen molar-refractivity contribution in [2.24, 2.45) is 0 Å². The van der Waals surface area contributed by atoms with Crippen LogP contribution in [0.4, 0.5) is 4.39 Å². The van der Waals surface area contributed by atoms with Gasteiger partial charge in [-0.05, 0) is 42.8 Å². The lowest BCUT2D eigenvalue weighted by atomic mass is 10.0. The topological polar surface area (TPSA) is 71.8 Å². The number of halogens is 1. The highest BCUT2D eigenvalue weighted by molar-refractivity contribution is 5.79. The first-order valence-corrected chi connectivity index (χ1v) is 9.24. The minimum absolute atomic E-state index is 0.134. The predicted molar refractivity (Wildman–Crippen MR) is 101 cm³/mol. The largest absolute Gasteiger partial charge is 0.354 e. The Morgan fingerprint density at radius 2 is 2.26 bits per heavy atom. The number of nitrogens with zero attached hydrogens (tertiary/aromatic N) is 3. The minimum Gasteiger partial charge on any atom is -0.354 e. The molecule has 3 aromatic rings. The van der Waals surface area contributed by atoms with Gasteiger partial charge < -0.3 is 10.6 Å². The van der Waals surface area contributed by atoms with Crippen LogP contribution in [0.25, 0.3) is 11.0 Å². The van der Waals surface area contributed by atoms with Crippen LogP contribution in [0.5, 0.6) is 0 Å². The van der Waals surface area contributed by atoms with Gasteiger partial charge in [0, 0.05) is 30.6 Å². The zero-order chi connectivity index (χ0) is 18.6. The normalized spacial score (nSPS) is 16.7. The molecule has 27 heavy (non-hydrogen) atoms. The lowest BCUT2D eigenvalue weighted by molar-refractivity contribution is -0.120. The minimum atomic E-state index is -0.330. The summed E-state index contributed by atoms with van der Waals surface area (Å²) >= 11 is 0. The van der Waals surface area contributed by atoms with E-state index in [2.05, 4.69) is 21.7 Å². The van der Waals surface area contributed by atoms with Crippen LogP contribution in [0.1, 0.15) is 23.6 Å². The van der Waals surface area contributed by atoms with E-state index < -0.39 is 0 Å². The Kier molecular flexibility index (Phi) is 5.11. The molecule has 1 aromatic carbocycles. The van der Waals surface area contributed by atoms with E-state index in [0.29, 0.717) is 24.6 Å². The maximum atomic E-state index is 13.2. The number of hydrogen-bond acceptors (Lipinski definition) is 4. The number of carbonyl (C=O) groups excluding carboxylic acids is 1. The van der Waals surface area contributed by atoms with Crippen molar-refractivity contribution in [3.63, 3.8) is 0 Å². The number of aromatic nitrogens is 3. The maximum absolute atomic E-state index is 13.2. The van der Waals surface area contributed by atoms with E-state index in [9.17, 15) is 9.18 Å². The Hall–Kier alpha value is -2.80. The summed E-state index contributed by atoms with van der Waals surface area (Å²) in [5.41, 5.74) is 2.59. The van der Waals surface area contributed by atoms with Crippen LogP contribution < -0.4 is 10.6 Å². The van der Waals surface area contributed by atoms with Crippen molar-refractivity contribution in [1.82, 2.24) is 25.4 Å². The number of pyridine rings is 1. The summed E-state index contributed by atoms with van der Waals surface area (Å²) in [4.78, 5) is 16.6. The van der Waals surface area contributed by atoms with Crippen LogP contribution in [0.15, 0.2) is 42.6 Å². The molecule has 140 valence electrons. The van der Waals surface area contributed by atoms with Crippen LogP contribution in [0.2, 0.25) is 0 Å². The average Bonchev–Trinajstić information content (AvgIpc) is 3.30.